The lowest BCUT2D eigenvalue weighted by atomic mass is 9.98. The topological polar surface area (TPSA) is 47.9 Å². The normalized spacial score (nSPS) is 16.8. The maximum atomic E-state index is 10.8. The highest BCUT2D eigenvalue weighted by atomic mass is 79.9. The molecular formula is C17H15BrO4. The highest BCUT2D eigenvalue weighted by Gasteiger charge is 2.24. The maximum Gasteiger partial charge on any atom is 0.161 e. The molecule has 22 heavy (non-hydrogen) atoms. The zero-order chi connectivity index (χ0) is 15.1. The number of ether oxygens (including phenoxy) is 3. The molecule has 1 N–H and O–H groups in total. The fraction of sp³-hybridized carbons (Fsp3) is 0.294. The lowest BCUT2D eigenvalue weighted by Crippen LogP contribution is -2.15. The number of hydrogen-bond donors (Lipinski definition) is 1. The van der Waals surface area contributed by atoms with Gasteiger partial charge in [-0.3, -0.25) is 0 Å². The summed E-state index contributed by atoms with van der Waals surface area (Å²) in [5, 5.41) is 10.8. The van der Waals surface area contributed by atoms with Gasteiger partial charge < -0.3 is 19.3 Å². The molecule has 0 amide bonds. The van der Waals surface area contributed by atoms with Crippen LogP contribution in [0.2, 0.25) is 0 Å². The Morgan fingerprint density at radius 2 is 1.77 bits per heavy atom. The predicted molar refractivity (Wildman–Crippen MR) is 84.8 cm³/mol. The van der Waals surface area contributed by atoms with E-state index in [-0.39, 0.29) is 0 Å². The lowest BCUT2D eigenvalue weighted by Gasteiger charge is -2.21. The third-order valence-corrected chi connectivity index (χ3v) is 4.41. The molecule has 1 unspecified atom stereocenters. The standard InChI is InChI=1S/C17H15BrO4/c18-12-7-11-3-4-22-17(11)13(9-12)16(19)10-1-2-14-15(8-10)21-6-5-20-14/h1-2,7-9,16,19H,3-6H2. The van der Waals surface area contributed by atoms with Gasteiger partial charge in [-0.25, -0.2) is 0 Å². The molecule has 0 aromatic heterocycles. The number of rotatable bonds is 2. The van der Waals surface area contributed by atoms with Crippen molar-refractivity contribution in [1.29, 1.82) is 0 Å². The third kappa shape index (κ3) is 2.34. The molecule has 0 saturated carbocycles. The number of hydrogen-bond acceptors (Lipinski definition) is 4. The van der Waals surface area contributed by atoms with E-state index in [4.69, 9.17) is 14.2 Å². The Bertz CT molecular complexity index is 729. The zero-order valence-electron chi connectivity index (χ0n) is 11.8. The predicted octanol–water partition coefficient (Wildman–Crippen LogP) is 3.24. The van der Waals surface area contributed by atoms with E-state index in [9.17, 15) is 5.11 Å². The minimum atomic E-state index is -0.764. The molecule has 0 fully saturated rings. The van der Waals surface area contributed by atoms with Crippen molar-refractivity contribution in [3.05, 3.63) is 51.5 Å². The Hall–Kier alpha value is -1.72. The molecule has 0 spiro atoms. The molecule has 0 bridgehead atoms. The second-order valence-electron chi connectivity index (χ2n) is 5.39. The van der Waals surface area contributed by atoms with E-state index < -0.39 is 6.10 Å². The first-order chi connectivity index (χ1) is 10.7. The van der Waals surface area contributed by atoms with Crippen LogP contribution in [0.15, 0.2) is 34.8 Å². The van der Waals surface area contributed by atoms with E-state index in [1.807, 2.05) is 30.3 Å². The van der Waals surface area contributed by atoms with Crippen molar-refractivity contribution in [2.45, 2.75) is 12.5 Å². The van der Waals surface area contributed by atoms with Gasteiger partial charge in [0.2, 0.25) is 0 Å². The van der Waals surface area contributed by atoms with E-state index in [1.165, 1.54) is 0 Å². The highest BCUT2D eigenvalue weighted by molar-refractivity contribution is 9.10. The number of aliphatic hydroxyl groups is 1. The Morgan fingerprint density at radius 3 is 2.64 bits per heavy atom. The van der Waals surface area contributed by atoms with Gasteiger partial charge in [0.25, 0.3) is 0 Å². The Balaban J connectivity index is 1.74. The summed E-state index contributed by atoms with van der Waals surface area (Å²) in [5.74, 6) is 2.19. The quantitative estimate of drug-likeness (QED) is 0.890. The van der Waals surface area contributed by atoms with Crippen LogP contribution >= 0.6 is 15.9 Å². The molecule has 0 saturated heterocycles. The van der Waals surface area contributed by atoms with Crippen LogP contribution in [0.4, 0.5) is 0 Å². The molecule has 2 heterocycles. The van der Waals surface area contributed by atoms with Crippen molar-refractivity contribution in [2.75, 3.05) is 19.8 Å². The summed E-state index contributed by atoms with van der Waals surface area (Å²) in [4.78, 5) is 0. The molecule has 5 heteroatoms. The monoisotopic (exact) mass is 362 g/mol. The Kier molecular flexibility index (Phi) is 3.47. The van der Waals surface area contributed by atoms with Gasteiger partial charge in [0, 0.05) is 16.5 Å². The molecule has 4 rings (SSSR count). The van der Waals surface area contributed by atoms with Crippen molar-refractivity contribution in [2.24, 2.45) is 0 Å². The Morgan fingerprint density at radius 1 is 0.955 bits per heavy atom. The smallest absolute Gasteiger partial charge is 0.161 e. The van der Waals surface area contributed by atoms with Gasteiger partial charge in [-0.1, -0.05) is 22.0 Å². The zero-order valence-corrected chi connectivity index (χ0v) is 13.4. The SMILES string of the molecule is OC(c1ccc2c(c1)OCCO2)c1cc(Br)cc2c1OCC2. The first-order valence-electron chi connectivity index (χ1n) is 7.25. The first-order valence-corrected chi connectivity index (χ1v) is 8.04. The molecule has 2 aromatic rings. The average Bonchev–Trinajstić information content (AvgIpc) is 3.01. The second kappa shape index (κ2) is 5.48. The largest absolute Gasteiger partial charge is 0.493 e. The summed E-state index contributed by atoms with van der Waals surface area (Å²) in [5.41, 5.74) is 2.67. The van der Waals surface area contributed by atoms with Gasteiger partial charge in [-0.05, 0) is 35.4 Å². The highest BCUT2D eigenvalue weighted by Crippen LogP contribution is 2.40. The van der Waals surface area contributed by atoms with E-state index in [2.05, 4.69) is 15.9 Å². The van der Waals surface area contributed by atoms with E-state index in [1.54, 1.807) is 0 Å². The lowest BCUT2D eigenvalue weighted by molar-refractivity contribution is 0.169. The second-order valence-corrected chi connectivity index (χ2v) is 6.30. The van der Waals surface area contributed by atoms with Gasteiger partial charge in [0.1, 0.15) is 25.1 Å². The molecule has 2 aliphatic rings. The molecule has 114 valence electrons. The number of fused-ring (bicyclic) bond motifs is 2. The van der Waals surface area contributed by atoms with Crippen LogP contribution in [0.25, 0.3) is 0 Å². The molecule has 0 radical (unpaired) electrons. The van der Waals surface area contributed by atoms with Gasteiger partial charge in [0.15, 0.2) is 11.5 Å². The minimum absolute atomic E-state index is 0.530. The van der Waals surface area contributed by atoms with Crippen molar-refractivity contribution < 1.29 is 19.3 Å². The van der Waals surface area contributed by atoms with Gasteiger partial charge in [-0.15, -0.1) is 0 Å². The molecule has 2 aromatic carbocycles. The fourth-order valence-electron chi connectivity index (χ4n) is 2.91. The van der Waals surface area contributed by atoms with Crippen LogP contribution in [-0.4, -0.2) is 24.9 Å². The average molecular weight is 363 g/mol. The van der Waals surface area contributed by atoms with Gasteiger partial charge in [0.05, 0.1) is 6.61 Å². The molecule has 0 aliphatic carbocycles. The van der Waals surface area contributed by atoms with E-state index in [0.29, 0.717) is 25.6 Å². The summed E-state index contributed by atoms with van der Waals surface area (Å²) >= 11 is 3.51. The first kappa shape index (κ1) is 13.9. The number of benzene rings is 2. The van der Waals surface area contributed by atoms with Crippen molar-refractivity contribution in [3.8, 4) is 17.2 Å². The summed E-state index contributed by atoms with van der Waals surface area (Å²) in [6.45, 7) is 1.75. The van der Waals surface area contributed by atoms with Crippen LogP contribution < -0.4 is 14.2 Å². The van der Waals surface area contributed by atoms with Crippen LogP contribution in [0, 0.1) is 0 Å². The van der Waals surface area contributed by atoms with Crippen LogP contribution in [0.3, 0.4) is 0 Å². The van der Waals surface area contributed by atoms with Crippen LogP contribution in [-0.2, 0) is 6.42 Å². The maximum absolute atomic E-state index is 10.8. The molecular weight excluding hydrogens is 348 g/mol. The van der Waals surface area contributed by atoms with E-state index in [0.717, 1.165) is 39.1 Å². The molecule has 2 aliphatic heterocycles. The van der Waals surface area contributed by atoms with Crippen molar-refractivity contribution in [1.82, 2.24) is 0 Å². The van der Waals surface area contributed by atoms with Crippen molar-refractivity contribution in [3.63, 3.8) is 0 Å². The van der Waals surface area contributed by atoms with Crippen LogP contribution in [0.5, 0.6) is 17.2 Å². The van der Waals surface area contributed by atoms with Gasteiger partial charge >= 0.3 is 0 Å². The molecule has 1 atom stereocenters. The summed E-state index contributed by atoms with van der Waals surface area (Å²) in [6.07, 6.45) is 0.107. The summed E-state index contributed by atoms with van der Waals surface area (Å²) < 4.78 is 17.8. The number of halogens is 1. The fourth-order valence-corrected chi connectivity index (χ4v) is 3.43. The van der Waals surface area contributed by atoms with Gasteiger partial charge in [-0.2, -0.15) is 0 Å². The van der Waals surface area contributed by atoms with E-state index >= 15 is 0 Å². The molecule has 4 nitrogen and oxygen atoms in total. The third-order valence-electron chi connectivity index (χ3n) is 3.95. The Labute approximate surface area is 136 Å². The van der Waals surface area contributed by atoms with Crippen LogP contribution in [0.1, 0.15) is 22.8 Å². The summed E-state index contributed by atoms with van der Waals surface area (Å²) in [6, 6.07) is 9.49. The summed E-state index contributed by atoms with van der Waals surface area (Å²) in [7, 11) is 0. The van der Waals surface area contributed by atoms with Crippen molar-refractivity contribution >= 4 is 15.9 Å². The number of aliphatic hydroxyl groups excluding tert-OH is 1. The minimum Gasteiger partial charge on any atom is -0.493 e.